The lowest BCUT2D eigenvalue weighted by Crippen LogP contribution is -2.32. The zero-order valence-corrected chi connectivity index (χ0v) is 13.8. The van der Waals surface area contributed by atoms with Crippen molar-refractivity contribution >= 4 is 17.3 Å². The number of nitrogen functional groups attached to an aromatic ring is 1. The molecular formula is C17H29N3O. The van der Waals surface area contributed by atoms with Gasteiger partial charge in [0.2, 0.25) is 0 Å². The van der Waals surface area contributed by atoms with Crippen LogP contribution in [0.4, 0.5) is 11.4 Å². The SMILES string of the molecule is CCCCCCC(C)NC(=O)c1ccc(N(C)C)c(N)c1. The fourth-order valence-electron chi connectivity index (χ4n) is 2.36. The molecule has 4 nitrogen and oxygen atoms in total. The minimum absolute atomic E-state index is 0.0463. The van der Waals surface area contributed by atoms with Crippen molar-refractivity contribution in [3.63, 3.8) is 0 Å². The molecule has 0 saturated carbocycles. The van der Waals surface area contributed by atoms with E-state index in [0.29, 0.717) is 11.3 Å². The number of benzene rings is 1. The Kier molecular flexibility index (Phi) is 7.06. The molecule has 0 fully saturated rings. The lowest BCUT2D eigenvalue weighted by atomic mass is 10.1. The van der Waals surface area contributed by atoms with Gasteiger partial charge in [0.1, 0.15) is 0 Å². The minimum Gasteiger partial charge on any atom is -0.397 e. The van der Waals surface area contributed by atoms with Crippen LogP contribution in [0.5, 0.6) is 0 Å². The summed E-state index contributed by atoms with van der Waals surface area (Å²) < 4.78 is 0. The number of nitrogens with two attached hydrogens (primary N) is 1. The lowest BCUT2D eigenvalue weighted by Gasteiger charge is -2.17. The summed E-state index contributed by atoms with van der Waals surface area (Å²) in [4.78, 5) is 14.1. The Bertz CT molecular complexity index is 457. The number of unbranched alkanes of at least 4 members (excludes halogenated alkanes) is 3. The van der Waals surface area contributed by atoms with E-state index in [-0.39, 0.29) is 11.9 Å². The Balaban J connectivity index is 2.53. The van der Waals surface area contributed by atoms with Crippen LogP contribution in [0.1, 0.15) is 56.3 Å². The molecule has 1 atom stereocenters. The van der Waals surface area contributed by atoms with E-state index in [0.717, 1.165) is 18.5 Å². The molecule has 1 aromatic rings. The van der Waals surface area contributed by atoms with Gasteiger partial charge in [-0.2, -0.15) is 0 Å². The van der Waals surface area contributed by atoms with Crippen molar-refractivity contribution in [3.8, 4) is 0 Å². The molecule has 1 rings (SSSR count). The number of carbonyl (C=O) groups is 1. The van der Waals surface area contributed by atoms with Crippen LogP contribution in [0.3, 0.4) is 0 Å². The summed E-state index contributed by atoms with van der Waals surface area (Å²) in [7, 11) is 3.87. The first-order valence-electron chi connectivity index (χ1n) is 7.83. The first-order valence-corrected chi connectivity index (χ1v) is 7.83. The zero-order chi connectivity index (χ0) is 15.8. The van der Waals surface area contributed by atoms with E-state index in [1.807, 2.05) is 31.1 Å². The molecule has 118 valence electrons. The minimum atomic E-state index is -0.0463. The highest BCUT2D eigenvalue weighted by atomic mass is 16.1. The zero-order valence-electron chi connectivity index (χ0n) is 13.8. The second-order valence-corrected chi connectivity index (χ2v) is 5.89. The molecule has 21 heavy (non-hydrogen) atoms. The van der Waals surface area contributed by atoms with Gasteiger partial charge >= 0.3 is 0 Å². The second-order valence-electron chi connectivity index (χ2n) is 5.89. The van der Waals surface area contributed by atoms with Gasteiger partial charge in [0.15, 0.2) is 0 Å². The van der Waals surface area contributed by atoms with Crippen LogP contribution in [0.15, 0.2) is 18.2 Å². The number of hydrogen-bond donors (Lipinski definition) is 2. The summed E-state index contributed by atoms with van der Waals surface area (Å²) >= 11 is 0. The molecule has 1 unspecified atom stereocenters. The van der Waals surface area contributed by atoms with Crippen molar-refractivity contribution in [2.24, 2.45) is 0 Å². The van der Waals surface area contributed by atoms with Crippen LogP contribution in [0.2, 0.25) is 0 Å². The normalized spacial score (nSPS) is 12.0. The van der Waals surface area contributed by atoms with Crippen molar-refractivity contribution in [3.05, 3.63) is 23.8 Å². The van der Waals surface area contributed by atoms with Gasteiger partial charge in [-0.05, 0) is 31.5 Å². The maximum absolute atomic E-state index is 12.2. The third-order valence-corrected chi connectivity index (χ3v) is 3.64. The number of hydrogen-bond acceptors (Lipinski definition) is 3. The fraction of sp³-hybridized carbons (Fsp3) is 0.588. The molecule has 0 bridgehead atoms. The van der Waals surface area contributed by atoms with E-state index in [4.69, 9.17) is 5.73 Å². The van der Waals surface area contributed by atoms with Gasteiger partial charge in [-0.25, -0.2) is 0 Å². The predicted molar refractivity (Wildman–Crippen MR) is 90.9 cm³/mol. The van der Waals surface area contributed by atoms with E-state index < -0.39 is 0 Å². The highest BCUT2D eigenvalue weighted by molar-refractivity contribution is 5.96. The number of carbonyl (C=O) groups excluding carboxylic acids is 1. The summed E-state index contributed by atoms with van der Waals surface area (Å²) in [6.07, 6.45) is 5.93. The van der Waals surface area contributed by atoms with Gasteiger partial charge in [-0.1, -0.05) is 32.6 Å². The van der Waals surface area contributed by atoms with Crippen molar-refractivity contribution < 1.29 is 4.79 Å². The molecule has 0 saturated heterocycles. The van der Waals surface area contributed by atoms with Crippen LogP contribution in [-0.4, -0.2) is 26.0 Å². The van der Waals surface area contributed by atoms with E-state index in [2.05, 4.69) is 19.2 Å². The molecular weight excluding hydrogens is 262 g/mol. The lowest BCUT2D eigenvalue weighted by molar-refractivity contribution is 0.0938. The molecule has 3 N–H and O–H groups in total. The van der Waals surface area contributed by atoms with Gasteiger partial charge in [0, 0.05) is 25.7 Å². The smallest absolute Gasteiger partial charge is 0.251 e. The van der Waals surface area contributed by atoms with E-state index >= 15 is 0 Å². The largest absolute Gasteiger partial charge is 0.397 e. The topological polar surface area (TPSA) is 58.4 Å². The molecule has 0 aromatic heterocycles. The molecule has 0 heterocycles. The molecule has 0 aliphatic rings. The molecule has 1 amide bonds. The Morgan fingerprint density at radius 2 is 2.00 bits per heavy atom. The van der Waals surface area contributed by atoms with Gasteiger partial charge in [0.25, 0.3) is 5.91 Å². The van der Waals surface area contributed by atoms with Crippen molar-refractivity contribution in [2.75, 3.05) is 24.7 Å². The predicted octanol–water partition coefficient (Wildman–Crippen LogP) is 3.42. The average Bonchev–Trinajstić information content (AvgIpc) is 2.43. The van der Waals surface area contributed by atoms with Crippen LogP contribution in [-0.2, 0) is 0 Å². The van der Waals surface area contributed by atoms with E-state index in [9.17, 15) is 4.79 Å². The summed E-state index contributed by atoms with van der Waals surface area (Å²) in [5, 5.41) is 3.04. The van der Waals surface area contributed by atoms with Crippen LogP contribution < -0.4 is 16.0 Å². The number of amides is 1. The first-order chi connectivity index (χ1) is 9.95. The summed E-state index contributed by atoms with van der Waals surface area (Å²) in [5.41, 5.74) is 8.16. The Morgan fingerprint density at radius 1 is 1.29 bits per heavy atom. The van der Waals surface area contributed by atoms with Crippen molar-refractivity contribution in [1.29, 1.82) is 0 Å². The van der Waals surface area contributed by atoms with Gasteiger partial charge < -0.3 is 16.0 Å². The first kappa shape index (κ1) is 17.3. The highest BCUT2D eigenvalue weighted by Crippen LogP contribution is 2.22. The van der Waals surface area contributed by atoms with Gasteiger partial charge in [-0.15, -0.1) is 0 Å². The highest BCUT2D eigenvalue weighted by Gasteiger charge is 2.11. The summed E-state index contributed by atoms with van der Waals surface area (Å²) in [5.74, 6) is -0.0463. The Labute approximate surface area is 128 Å². The molecule has 0 spiro atoms. The van der Waals surface area contributed by atoms with Crippen molar-refractivity contribution in [1.82, 2.24) is 5.32 Å². The standard InChI is InChI=1S/C17H29N3O/c1-5-6-7-8-9-13(2)19-17(21)14-10-11-16(20(3)4)15(18)12-14/h10-13H,5-9,18H2,1-4H3,(H,19,21). The number of anilines is 2. The second kappa shape index (κ2) is 8.55. The monoisotopic (exact) mass is 291 g/mol. The summed E-state index contributed by atoms with van der Waals surface area (Å²) in [6, 6.07) is 5.65. The molecule has 0 radical (unpaired) electrons. The maximum atomic E-state index is 12.2. The van der Waals surface area contributed by atoms with Crippen molar-refractivity contribution in [2.45, 2.75) is 52.0 Å². The maximum Gasteiger partial charge on any atom is 0.251 e. The third-order valence-electron chi connectivity index (χ3n) is 3.64. The third kappa shape index (κ3) is 5.66. The summed E-state index contributed by atoms with van der Waals surface area (Å²) in [6.45, 7) is 4.26. The average molecular weight is 291 g/mol. The van der Waals surface area contributed by atoms with E-state index in [1.54, 1.807) is 6.07 Å². The van der Waals surface area contributed by atoms with Gasteiger partial charge in [0.05, 0.1) is 11.4 Å². The van der Waals surface area contributed by atoms with Crippen LogP contribution in [0.25, 0.3) is 0 Å². The number of rotatable bonds is 8. The molecule has 0 aliphatic heterocycles. The molecule has 1 aromatic carbocycles. The van der Waals surface area contributed by atoms with E-state index in [1.165, 1.54) is 19.3 Å². The quantitative estimate of drug-likeness (QED) is 0.570. The Morgan fingerprint density at radius 3 is 2.57 bits per heavy atom. The molecule has 4 heteroatoms. The Hall–Kier alpha value is -1.71. The number of nitrogens with zero attached hydrogens (tertiary/aromatic N) is 1. The van der Waals surface area contributed by atoms with Gasteiger partial charge in [-0.3, -0.25) is 4.79 Å². The molecule has 0 aliphatic carbocycles. The number of nitrogens with one attached hydrogen (secondary N) is 1. The van der Waals surface area contributed by atoms with Crippen LogP contribution >= 0.6 is 0 Å². The van der Waals surface area contributed by atoms with Crippen LogP contribution in [0, 0.1) is 0 Å². The fourth-order valence-corrected chi connectivity index (χ4v) is 2.36.